The second-order valence-electron chi connectivity index (χ2n) is 7.39. The van der Waals surface area contributed by atoms with Gasteiger partial charge in [-0.25, -0.2) is 8.78 Å². The molecule has 166 valence electrons. The number of halogens is 5. The lowest BCUT2D eigenvalue weighted by Crippen LogP contribution is -2.37. The van der Waals surface area contributed by atoms with Crippen LogP contribution < -0.4 is 10.9 Å². The lowest BCUT2D eigenvalue weighted by atomic mass is 9.74. The fourth-order valence-electron chi connectivity index (χ4n) is 4.14. The number of rotatable bonds is 2. The van der Waals surface area contributed by atoms with Gasteiger partial charge < -0.3 is 10.3 Å². The molecule has 0 aliphatic heterocycles. The van der Waals surface area contributed by atoms with Crippen molar-refractivity contribution in [3.63, 3.8) is 0 Å². The standard InChI is InChI=1S/C21H17F5N2O.C2H6/c1-10-8-15(21(24,25)26)19(14-9-11(22)2-3-12(10)14)27-17-6-5-16(23)20-13(17)4-7-18(29)28-20;1-2/h2-7,9-10,15,19,27H,8H2,1H3,(H,28,29);1-2H3/t10-,15?,19?;/m1./s1. The van der Waals surface area contributed by atoms with Crippen molar-refractivity contribution >= 4 is 16.6 Å². The first kappa shape index (κ1) is 22.8. The molecule has 1 aliphatic carbocycles. The highest BCUT2D eigenvalue weighted by atomic mass is 19.4. The minimum atomic E-state index is -4.51. The van der Waals surface area contributed by atoms with Gasteiger partial charge >= 0.3 is 6.18 Å². The van der Waals surface area contributed by atoms with Gasteiger partial charge in [0.15, 0.2) is 0 Å². The monoisotopic (exact) mass is 438 g/mol. The number of alkyl halides is 3. The van der Waals surface area contributed by atoms with E-state index in [2.05, 4.69) is 10.3 Å². The van der Waals surface area contributed by atoms with Gasteiger partial charge in [0.25, 0.3) is 0 Å². The van der Waals surface area contributed by atoms with Gasteiger partial charge in [0.05, 0.1) is 17.5 Å². The second-order valence-corrected chi connectivity index (χ2v) is 7.39. The molecule has 0 spiro atoms. The summed E-state index contributed by atoms with van der Waals surface area (Å²) in [6.45, 7) is 5.68. The predicted molar refractivity (Wildman–Crippen MR) is 111 cm³/mol. The van der Waals surface area contributed by atoms with Gasteiger partial charge in [-0.3, -0.25) is 4.79 Å². The van der Waals surface area contributed by atoms with E-state index in [1.54, 1.807) is 6.92 Å². The Morgan fingerprint density at radius 2 is 1.71 bits per heavy atom. The van der Waals surface area contributed by atoms with Crippen LogP contribution in [-0.4, -0.2) is 11.2 Å². The summed E-state index contributed by atoms with van der Waals surface area (Å²) in [6, 6.07) is 7.52. The first-order valence-corrected chi connectivity index (χ1v) is 10.1. The van der Waals surface area contributed by atoms with Crippen LogP contribution >= 0.6 is 0 Å². The number of H-pyrrole nitrogens is 1. The minimum Gasteiger partial charge on any atom is -0.377 e. The van der Waals surface area contributed by atoms with Crippen LogP contribution in [0.3, 0.4) is 0 Å². The SMILES string of the molecule is CC.C[C@@H]1CC(C(F)(F)F)C(Nc2ccc(F)c3[nH]c(=O)ccc23)c2cc(F)ccc21. The van der Waals surface area contributed by atoms with Gasteiger partial charge in [-0.1, -0.05) is 26.8 Å². The van der Waals surface area contributed by atoms with E-state index in [0.717, 1.165) is 12.1 Å². The van der Waals surface area contributed by atoms with E-state index < -0.39 is 41.2 Å². The summed E-state index contributed by atoms with van der Waals surface area (Å²) in [7, 11) is 0. The maximum absolute atomic E-state index is 14.1. The Hall–Kier alpha value is -2.90. The van der Waals surface area contributed by atoms with Crippen molar-refractivity contribution in [3.05, 3.63) is 75.6 Å². The number of pyridine rings is 1. The third kappa shape index (κ3) is 4.43. The lowest BCUT2D eigenvalue weighted by Gasteiger charge is -2.39. The highest BCUT2D eigenvalue weighted by Crippen LogP contribution is 2.49. The molecule has 2 aromatic carbocycles. The van der Waals surface area contributed by atoms with Crippen molar-refractivity contribution in [3.8, 4) is 0 Å². The molecule has 31 heavy (non-hydrogen) atoms. The number of hydrogen-bond donors (Lipinski definition) is 2. The van der Waals surface area contributed by atoms with Crippen molar-refractivity contribution in [1.29, 1.82) is 0 Å². The fourth-order valence-corrected chi connectivity index (χ4v) is 4.14. The molecule has 4 rings (SSSR count). The van der Waals surface area contributed by atoms with E-state index in [-0.39, 0.29) is 28.6 Å². The largest absolute Gasteiger partial charge is 0.394 e. The molecule has 0 radical (unpaired) electrons. The normalized spacial score (nSPS) is 20.6. The molecule has 0 fully saturated rings. The molecule has 2 unspecified atom stereocenters. The molecule has 3 atom stereocenters. The quantitative estimate of drug-likeness (QED) is 0.439. The Labute approximate surface area is 176 Å². The van der Waals surface area contributed by atoms with Crippen molar-refractivity contribution in [1.82, 2.24) is 4.98 Å². The Balaban J connectivity index is 0.00000132. The Bertz CT molecular complexity index is 1140. The third-order valence-electron chi connectivity index (χ3n) is 5.50. The average molecular weight is 438 g/mol. The van der Waals surface area contributed by atoms with Gasteiger partial charge in [-0.2, -0.15) is 13.2 Å². The van der Waals surface area contributed by atoms with Crippen LogP contribution in [0.25, 0.3) is 10.9 Å². The summed E-state index contributed by atoms with van der Waals surface area (Å²) in [5, 5.41) is 3.09. The van der Waals surface area contributed by atoms with E-state index in [9.17, 15) is 26.7 Å². The second kappa shape index (κ2) is 8.69. The number of aromatic amines is 1. The van der Waals surface area contributed by atoms with E-state index in [1.807, 2.05) is 13.8 Å². The third-order valence-corrected chi connectivity index (χ3v) is 5.50. The maximum Gasteiger partial charge on any atom is 0.394 e. The molecule has 3 aromatic rings. The molecule has 0 saturated carbocycles. The van der Waals surface area contributed by atoms with E-state index >= 15 is 0 Å². The van der Waals surface area contributed by atoms with Crippen LogP contribution in [0.4, 0.5) is 27.6 Å². The van der Waals surface area contributed by atoms with Crippen LogP contribution in [0.2, 0.25) is 0 Å². The van der Waals surface area contributed by atoms with Crippen molar-refractivity contribution in [2.75, 3.05) is 5.32 Å². The van der Waals surface area contributed by atoms with Crippen molar-refractivity contribution < 1.29 is 22.0 Å². The molecule has 0 bridgehead atoms. The Kier molecular flexibility index (Phi) is 6.38. The molecular weight excluding hydrogens is 415 g/mol. The summed E-state index contributed by atoms with van der Waals surface area (Å²) < 4.78 is 69.6. The van der Waals surface area contributed by atoms with Crippen LogP contribution in [0.5, 0.6) is 0 Å². The van der Waals surface area contributed by atoms with Crippen molar-refractivity contribution in [2.45, 2.75) is 45.3 Å². The van der Waals surface area contributed by atoms with Crippen LogP contribution in [0, 0.1) is 17.6 Å². The number of anilines is 1. The summed E-state index contributed by atoms with van der Waals surface area (Å²) in [5.74, 6) is -3.47. The molecule has 0 saturated heterocycles. The number of benzene rings is 2. The smallest absolute Gasteiger partial charge is 0.377 e. The zero-order valence-corrected chi connectivity index (χ0v) is 17.3. The summed E-state index contributed by atoms with van der Waals surface area (Å²) in [4.78, 5) is 13.9. The van der Waals surface area contributed by atoms with Gasteiger partial charge in [-0.05, 0) is 53.8 Å². The first-order chi connectivity index (χ1) is 14.6. The summed E-state index contributed by atoms with van der Waals surface area (Å²) in [5.41, 5.74) is 0.467. The average Bonchev–Trinajstić information content (AvgIpc) is 2.72. The van der Waals surface area contributed by atoms with E-state index in [4.69, 9.17) is 0 Å². The van der Waals surface area contributed by atoms with Crippen LogP contribution in [-0.2, 0) is 0 Å². The minimum absolute atomic E-state index is 0.102. The molecule has 1 aromatic heterocycles. The topological polar surface area (TPSA) is 44.9 Å². The van der Waals surface area contributed by atoms with Crippen molar-refractivity contribution in [2.24, 2.45) is 5.92 Å². The molecule has 3 nitrogen and oxygen atoms in total. The maximum atomic E-state index is 14.1. The highest BCUT2D eigenvalue weighted by Gasteiger charge is 2.49. The summed E-state index contributed by atoms with van der Waals surface area (Å²) >= 11 is 0. The zero-order valence-electron chi connectivity index (χ0n) is 17.3. The number of fused-ring (bicyclic) bond motifs is 2. The van der Waals surface area contributed by atoms with Crippen LogP contribution in [0.15, 0.2) is 47.3 Å². The zero-order chi connectivity index (χ0) is 22.9. The molecule has 1 aliphatic rings. The first-order valence-electron chi connectivity index (χ1n) is 10.1. The number of nitrogens with one attached hydrogen (secondary N) is 2. The van der Waals surface area contributed by atoms with Gasteiger partial charge in [0, 0.05) is 17.1 Å². The Morgan fingerprint density at radius 1 is 1.00 bits per heavy atom. The highest BCUT2D eigenvalue weighted by molar-refractivity contribution is 5.91. The lowest BCUT2D eigenvalue weighted by molar-refractivity contribution is -0.183. The number of hydrogen-bond acceptors (Lipinski definition) is 2. The molecule has 2 N–H and O–H groups in total. The summed E-state index contributed by atoms with van der Waals surface area (Å²) in [6.07, 6.45) is -4.67. The van der Waals surface area contributed by atoms with Gasteiger partial charge in [0.2, 0.25) is 5.56 Å². The molecule has 1 heterocycles. The molecule has 0 amide bonds. The molecule has 8 heteroatoms. The van der Waals surface area contributed by atoms with E-state index in [1.165, 1.54) is 30.3 Å². The van der Waals surface area contributed by atoms with Gasteiger partial charge in [-0.15, -0.1) is 0 Å². The molecular formula is C23H23F5N2O. The Morgan fingerprint density at radius 3 is 2.39 bits per heavy atom. The van der Waals surface area contributed by atoms with Gasteiger partial charge in [0.1, 0.15) is 11.6 Å². The number of aromatic nitrogens is 1. The predicted octanol–water partition coefficient (Wildman–Crippen LogP) is 6.67. The fraction of sp³-hybridized carbons (Fsp3) is 0.348. The van der Waals surface area contributed by atoms with E-state index in [0.29, 0.717) is 5.56 Å². The van der Waals surface area contributed by atoms with Crippen LogP contribution in [0.1, 0.15) is 50.3 Å².